The first-order chi connectivity index (χ1) is 17.5. The Kier molecular flexibility index (Phi) is 8.52. The van der Waals surface area contributed by atoms with Crippen molar-refractivity contribution in [2.75, 3.05) is 31.9 Å². The Morgan fingerprint density at radius 2 is 1.89 bits per heavy atom. The number of carbonyl (C=O) groups excluding carboxylic acids is 2. The number of hydrogen-bond donors (Lipinski definition) is 1. The lowest BCUT2D eigenvalue weighted by Crippen LogP contribution is -2.17. The van der Waals surface area contributed by atoms with Gasteiger partial charge in [0, 0.05) is 17.0 Å². The number of thiophene rings is 1. The van der Waals surface area contributed by atoms with Crippen molar-refractivity contribution in [3.05, 3.63) is 34.2 Å². The summed E-state index contributed by atoms with van der Waals surface area (Å²) in [6, 6.07) is 5.57. The maximum Gasteiger partial charge on any atom is 0.341 e. The molecule has 1 aromatic carbocycles. The Morgan fingerprint density at radius 3 is 2.61 bits per heavy atom. The van der Waals surface area contributed by atoms with Gasteiger partial charge in [0.2, 0.25) is 5.91 Å². The summed E-state index contributed by atoms with van der Waals surface area (Å²) < 4.78 is 18.0. The Labute approximate surface area is 218 Å². The number of nitrogens with one attached hydrogen (secondary N) is 1. The number of fused-ring (bicyclic) bond motifs is 1. The number of methoxy groups -OCH3 is 2. The third-order valence-corrected chi connectivity index (χ3v) is 8.08. The monoisotopic (exact) mass is 530 g/mol. The van der Waals surface area contributed by atoms with Crippen LogP contribution in [0.3, 0.4) is 0 Å². The van der Waals surface area contributed by atoms with Crippen LogP contribution in [0.15, 0.2) is 23.4 Å². The van der Waals surface area contributed by atoms with Crippen LogP contribution in [0, 0.1) is 0 Å². The van der Waals surface area contributed by atoms with E-state index in [-0.39, 0.29) is 17.6 Å². The van der Waals surface area contributed by atoms with Crippen LogP contribution in [-0.4, -0.2) is 53.2 Å². The Bertz CT molecular complexity index is 1250. The second-order valence-corrected chi connectivity index (χ2v) is 10.1. The third-order valence-electron chi connectivity index (χ3n) is 5.91. The molecule has 0 bridgehead atoms. The SMILES string of the molecule is CCOC(=O)c1c(NC(=O)CSc2nnc(-c3ccc(OC)c(OC)c3)n2CC)sc2c1CCCC2. The lowest BCUT2D eigenvalue weighted by Gasteiger charge is -2.12. The fourth-order valence-corrected chi connectivity index (χ4v) is 6.33. The summed E-state index contributed by atoms with van der Waals surface area (Å²) in [4.78, 5) is 26.7. The molecular weight excluding hydrogens is 500 g/mol. The van der Waals surface area contributed by atoms with Gasteiger partial charge in [-0.2, -0.15) is 0 Å². The molecule has 0 atom stereocenters. The smallest absolute Gasteiger partial charge is 0.341 e. The van der Waals surface area contributed by atoms with Crippen LogP contribution in [0.5, 0.6) is 11.5 Å². The standard InChI is InChI=1S/C25H30N4O5S2/c1-5-29-22(15-11-12-17(32-3)18(13-15)33-4)27-28-25(29)35-14-20(30)26-23-21(24(31)34-6-2)16-9-7-8-10-19(16)36-23/h11-13H,5-10,14H2,1-4H3,(H,26,30). The average molecular weight is 531 g/mol. The number of hydrogen-bond acceptors (Lipinski definition) is 9. The lowest BCUT2D eigenvalue weighted by molar-refractivity contribution is -0.113. The van der Waals surface area contributed by atoms with Crippen molar-refractivity contribution in [3.8, 4) is 22.9 Å². The summed E-state index contributed by atoms with van der Waals surface area (Å²) in [7, 11) is 3.18. The van der Waals surface area contributed by atoms with Crippen LogP contribution in [0.1, 0.15) is 47.5 Å². The molecule has 11 heteroatoms. The number of ether oxygens (including phenoxy) is 3. The minimum Gasteiger partial charge on any atom is -0.493 e. The molecule has 0 saturated heterocycles. The van der Waals surface area contributed by atoms with Crippen LogP contribution >= 0.6 is 23.1 Å². The van der Waals surface area contributed by atoms with Gasteiger partial charge < -0.3 is 24.1 Å². The zero-order valence-corrected chi connectivity index (χ0v) is 22.5. The number of nitrogens with zero attached hydrogens (tertiary/aromatic N) is 3. The van der Waals surface area contributed by atoms with Crippen LogP contribution in [0.25, 0.3) is 11.4 Å². The molecule has 192 valence electrons. The lowest BCUT2D eigenvalue weighted by atomic mass is 9.95. The summed E-state index contributed by atoms with van der Waals surface area (Å²) in [5.74, 6) is 1.47. The molecule has 0 aliphatic heterocycles. The van der Waals surface area contributed by atoms with Gasteiger partial charge in [-0.3, -0.25) is 4.79 Å². The third kappa shape index (κ3) is 5.36. The minimum atomic E-state index is -0.370. The van der Waals surface area contributed by atoms with E-state index in [1.807, 2.05) is 29.7 Å². The van der Waals surface area contributed by atoms with Crippen LogP contribution in [0.4, 0.5) is 5.00 Å². The summed E-state index contributed by atoms with van der Waals surface area (Å²) in [6.07, 6.45) is 3.89. The number of carbonyl (C=O) groups is 2. The average Bonchev–Trinajstić information content (AvgIpc) is 3.47. The van der Waals surface area contributed by atoms with Gasteiger partial charge in [-0.25, -0.2) is 4.79 Å². The van der Waals surface area contributed by atoms with Gasteiger partial charge in [-0.1, -0.05) is 11.8 Å². The number of aryl methyl sites for hydroxylation is 1. The van der Waals surface area contributed by atoms with Crippen LogP contribution < -0.4 is 14.8 Å². The number of aromatic nitrogens is 3. The van der Waals surface area contributed by atoms with E-state index in [9.17, 15) is 9.59 Å². The van der Waals surface area contributed by atoms with Crippen LogP contribution in [-0.2, 0) is 28.9 Å². The molecule has 36 heavy (non-hydrogen) atoms. The number of anilines is 1. The minimum absolute atomic E-state index is 0.134. The number of benzene rings is 1. The molecule has 2 aromatic heterocycles. The molecule has 3 aromatic rings. The molecule has 0 spiro atoms. The number of rotatable bonds is 10. The second-order valence-electron chi connectivity index (χ2n) is 8.09. The summed E-state index contributed by atoms with van der Waals surface area (Å²) in [5, 5.41) is 12.8. The van der Waals surface area contributed by atoms with Gasteiger partial charge in [0.1, 0.15) is 5.00 Å². The number of thioether (sulfide) groups is 1. The summed E-state index contributed by atoms with van der Waals surface area (Å²) in [5.41, 5.74) is 2.38. The molecule has 0 radical (unpaired) electrons. The highest BCUT2D eigenvalue weighted by Gasteiger charge is 2.27. The van der Waals surface area contributed by atoms with Crippen molar-refractivity contribution in [1.29, 1.82) is 0 Å². The van der Waals surface area contributed by atoms with E-state index in [1.54, 1.807) is 21.1 Å². The van der Waals surface area contributed by atoms with Gasteiger partial charge in [0.05, 0.1) is 32.1 Å². The molecule has 4 rings (SSSR count). The Balaban J connectivity index is 1.49. The predicted molar refractivity (Wildman–Crippen MR) is 141 cm³/mol. The van der Waals surface area contributed by atoms with Gasteiger partial charge in [0.25, 0.3) is 0 Å². The van der Waals surface area contributed by atoms with E-state index < -0.39 is 0 Å². The number of esters is 1. The molecule has 1 N–H and O–H groups in total. The highest BCUT2D eigenvalue weighted by atomic mass is 32.2. The molecule has 1 aliphatic carbocycles. The molecule has 1 amide bonds. The van der Waals surface area contributed by atoms with Crippen molar-refractivity contribution in [1.82, 2.24) is 14.8 Å². The van der Waals surface area contributed by atoms with Gasteiger partial charge >= 0.3 is 5.97 Å². The van der Waals surface area contributed by atoms with E-state index in [1.165, 1.54) is 23.1 Å². The normalized spacial score (nSPS) is 12.7. The van der Waals surface area contributed by atoms with E-state index in [0.717, 1.165) is 41.7 Å². The van der Waals surface area contributed by atoms with E-state index in [0.29, 0.717) is 46.2 Å². The molecular formula is C25H30N4O5S2. The predicted octanol–water partition coefficient (Wildman–Crippen LogP) is 4.83. The summed E-state index contributed by atoms with van der Waals surface area (Å²) >= 11 is 2.79. The van der Waals surface area contributed by atoms with Gasteiger partial charge in [0.15, 0.2) is 22.5 Å². The van der Waals surface area contributed by atoms with Crippen LogP contribution in [0.2, 0.25) is 0 Å². The van der Waals surface area contributed by atoms with Crippen molar-refractivity contribution in [3.63, 3.8) is 0 Å². The van der Waals surface area contributed by atoms with Gasteiger partial charge in [-0.15, -0.1) is 21.5 Å². The first-order valence-electron chi connectivity index (χ1n) is 11.9. The van der Waals surface area contributed by atoms with Crippen molar-refractivity contribution in [2.45, 2.75) is 51.2 Å². The Hall–Kier alpha value is -3.05. The second kappa shape index (κ2) is 11.8. The molecule has 0 fully saturated rings. The quantitative estimate of drug-likeness (QED) is 0.294. The molecule has 1 aliphatic rings. The maximum absolute atomic E-state index is 12.9. The fraction of sp³-hybridized carbons (Fsp3) is 0.440. The topological polar surface area (TPSA) is 105 Å². The molecule has 9 nitrogen and oxygen atoms in total. The largest absolute Gasteiger partial charge is 0.493 e. The highest BCUT2D eigenvalue weighted by Crippen LogP contribution is 2.39. The van der Waals surface area contributed by atoms with E-state index >= 15 is 0 Å². The fourth-order valence-electron chi connectivity index (χ4n) is 4.24. The molecule has 0 saturated carbocycles. The summed E-state index contributed by atoms with van der Waals surface area (Å²) in [6.45, 7) is 4.71. The first kappa shape index (κ1) is 26.0. The first-order valence-corrected chi connectivity index (χ1v) is 13.7. The molecule has 2 heterocycles. The van der Waals surface area contributed by atoms with Crippen molar-refractivity contribution < 1.29 is 23.8 Å². The highest BCUT2D eigenvalue weighted by molar-refractivity contribution is 7.99. The Morgan fingerprint density at radius 1 is 1.11 bits per heavy atom. The van der Waals surface area contributed by atoms with E-state index in [2.05, 4.69) is 15.5 Å². The van der Waals surface area contributed by atoms with Crippen molar-refractivity contribution >= 4 is 40.0 Å². The maximum atomic E-state index is 12.9. The molecule has 0 unspecified atom stereocenters. The zero-order chi connectivity index (χ0) is 25.7. The van der Waals surface area contributed by atoms with Crippen molar-refractivity contribution in [2.24, 2.45) is 0 Å². The van der Waals surface area contributed by atoms with E-state index in [4.69, 9.17) is 14.2 Å². The number of amides is 1. The van der Waals surface area contributed by atoms with Gasteiger partial charge in [-0.05, 0) is 63.3 Å². The zero-order valence-electron chi connectivity index (χ0n) is 20.9.